The van der Waals surface area contributed by atoms with Crippen LogP contribution in [0, 0.1) is 11.6 Å². The molecule has 0 fully saturated rings. The van der Waals surface area contributed by atoms with Gasteiger partial charge in [0, 0.05) is 25.6 Å². The second-order valence-electron chi connectivity index (χ2n) is 6.28. The van der Waals surface area contributed by atoms with Gasteiger partial charge >= 0.3 is 0 Å². The van der Waals surface area contributed by atoms with Crippen molar-refractivity contribution in [2.45, 2.75) is 18.9 Å². The minimum absolute atomic E-state index is 0.0786. The van der Waals surface area contributed by atoms with E-state index in [-0.39, 0.29) is 30.5 Å². The second-order valence-corrected chi connectivity index (χ2v) is 6.28. The quantitative estimate of drug-likeness (QED) is 0.657. The van der Waals surface area contributed by atoms with Crippen molar-refractivity contribution in [3.63, 3.8) is 0 Å². The van der Waals surface area contributed by atoms with Crippen LogP contribution in [0.1, 0.15) is 35.0 Å². The molecular formula is C19H23F2N3O3. The zero-order valence-corrected chi connectivity index (χ0v) is 15.3. The number of amides is 2. The van der Waals surface area contributed by atoms with Gasteiger partial charge in [-0.2, -0.15) is 0 Å². The van der Waals surface area contributed by atoms with Crippen LogP contribution >= 0.6 is 0 Å². The molecule has 2 rings (SSSR count). The van der Waals surface area contributed by atoms with E-state index in [0.29, 0.717) is 19.0 Å². The number of hydrogen-bond acceptors (Lipinski definition) is 4. The fourth-order valence-electron chi connectivity index (χ4n) is 2.54. The minimum atomic E-state index is -0.919. The molecule has 6 nitrogen and oxygen atoms in total. The van der Waals surface area contributed by atoms with Crippen LogP contribution in [-0.4, -0.2) is 43.9 Å². The van der Waals surface area contributed by atoms with Gasteiger partial charge in [0.1, 0.15) is 17.4 Å². The number of hydrogen-bond donors (Lipinski definition) is 2. The molecule has 0 aliphatic heterocycles. The first-order valence-electron chi connectivity index (χ1n) is 8.58. The van der Waals surface area contributed by atoms with Gasteiger partial charge in [0.25, 0.3) is 5.91 Å². The van der Waals surface area contributed by atoms with Crippen LogP contribution in [0.25, 0.3) is 0 Å². The topological polar surface area (TPSA) is 74.6 Å². The summed E-state index contributed by atoms with van der Waals surface area (Å²) in [6, 6.07) is 6.32. The van der Waals surface area contributed by atoms with Crippen LogP contribution in [0.5, 0.6) is 0 Å². The Bertz CT molecular complexity index is 764. The molecule has 2 amide bonds. The van der Waals surface area contributed by atoms with Crippen LogP contribution < -0.4 is 10.6 Å². The number of likely N-dealkylation sites (N-methyl/N-ethyl adjacent to an activating group) is 1. The average Bonchev–Trinajstić information content (AvgIpc) is 3.12. The summed E-state index contributed by atoms with van der Waals surface area (Å²) in [7, 11) is 3.78. The van der Waals surface area contributed by atoms with Crippen molar-refractivity contribution in [2.75, 3.05) is 27.2 Å². The Hall–Kier alpha value is -2.74. The maximum Gasteiger partial charge on any atom is 0.254 e. The fraction of sp³-hybridized carbons (Fsp3) is 0.368. The molecule has 1 aromatic heterocycles. The lowest BCUT2D eigenvalue weighted by Crippen LogP contribution is -2.34. The first-order chi connectivity index (χ1) is 12.9. The van der Waals surface area contributed by atoms with E-state index < -0.39 is 17.5 Å². The Labute approximate surface area is 156 Å². The summed E-state index contributed by atoms with van der Waals surface area (Å²) in [6.07, 6.45) is 2.19. The lowest BCUT2D eigenvalue weighted by atomic mass is 10.2. The van der Waals surface area contributed by atoms with Gasteiger partial charge in [0.15, 0.2) is 0 Å². The van der Waals surface area contributed by atoms with E-state index in [4.69, 9.17) is 4.42 Å². The summed E-state index contributed by atoms with van der Waals surface area (Å²) in [5.74, 6) is -1.70. The van der Waals surface area contributed by atoms with E-state index in [0.717, 1.165) is 17.9 Å². The van der Waals surface area contributed by atoms with Crippen LogP contribution in [-0.2, 0) is 4.79 Å². The summed E-state index contributed by atoms with van der Waals surface area (Å²) < 4.78 is 31.7. The third kappa shape index (κ3) is 6.18. The molecule has 146 valence electrons. The molecular weight excluding hydrogens is 356 g/mol. The molecule has 1 atom stereocenters. The van der Waals surface area contributed by atoms with Gasteiger partial charge in [-0.25, -0.2) is 8.78 Å². The predicted molar refractivity (Wildman–Crippen MR) is 96.1 cm³/mol. The van der Waals surface area contributed by atoms with Crippen LogP contribution in [0.4, 0.5) is 8.78 Å². The Morgan fingerprint density at radius 3 is 2.59 bits per heavy atom. The first kappa shape index (κ1) is 20.6. The van der Waals surface area contributed by atoms with Crippen molar-refractivity contribution in [1.29, 1.82) is 0 Å². The van der Waals surface area contributed by atoms with Crippen molar-refractivity contribution in [2.24, 2.45) is 0 Å². The minimum Gasteiger partial charge on any atom is -0.468 e. The molecule has 1 heterocycles. The second kappa shape index (κ2) is 9.82. The first-order valence-corrected chi connectivity index (χ1v) is 8.58. The maximum atomic E-state index is 13.5. The van der Waals surface area contributed by atoms with Crippen molar-refractivity contribution in [3.05, 3.63) is 59.6 Å². The van der Waals surface area contributed by atoms with E-state index in [1.807, 2.05) is 25.1 Å². The van der Waals surface area contributed by atoms with Gasteiger partial charge in [-0.15, -0.1) is 0 Å². The monoisotopic (exact) mass is 379 g/mol. The molecule has 27 heavy (non-hydrogen) atoms. The Morgan fingerprint density at radius 2 is 1.96 bits per heavy atom. The molecule has 0 spiro atoms. The molecule has 1 unspecified atom stereocenters. The highest BCUT2D eigenvalue weighted by Crippen LogP contribution is 2.17. The summed E-state index contributed by atoms with van der Waals surface area (Å²) in [6.45, 7) is 0.602. The Kier molecular flexibility index (Phi) is 7.48. The highest BCUT2D eigenvalue weighted by molar-refractivity contribution is 5.94. The van der Waals surface area contributed by atoms with E-state index in [2.05, 4.69) is 10.6 Å². The predicted octanol–water partition coefficient (Wildman–Crippen LogP) is 2.49. The summed E-state index contributed by atoms with van der Waals surface area (Å²) >= 11 is 0. The van der Waals surface area contributed by atoms with Crippen LogP contribution in [0.15, 0.2) is 41.0 Å². The summed E-state index contributed by atoms with van der Waals surface area (Å²) in [4.78, 5) is 25.8. The van der Waals surface area contributed by atoms with Crippen LogP contribution in [0.3, 0.4) is 0 Å². The number of carbonyl (C=O) groups excluding carboxylic acids is 2. The number of rotatable bonds is 9. The SMILES string of the molecule is CN(C)C(CNC(=O)CCCNC(=O)c1ccc(F)cc1F)c1ccco1. The fourth-order valence-corrected chi connectivity index (χ4v) is 2.54. The average molecular weight is 379 g/mol. The van der Waals surface area contributed by atoms with E-state index in [9.17, 15) is 18.4 Å². The van der Waals surface area contributed by atoms with Gasteiger partial charge in [-0.05, 0) is 44.8 Å². The number of halogens is 2. The highest BCUT2D eigenvalue weighted by Gasteiger charge is 2.18. The van der Waals surface area contributed by atoms with E-state index in [1.54, 1.807) is 12.3 Å². The lowest BCUT2D eigenvalue weighted by molar-refractivity contribution is -0.121. The van der Waals surface area contributed by atoms with Crippen LogP contribution in [0.2, 0.25) is 0 Å². The van der Waals surface area contributed by atoms with Gasteiger partial charge in [0.05, 0.1) is 17.9 Å². The van der Waals surface area contributed by atoms with Crippen molar-refractivity contribution >= 4 is 11.8 Å². The molecule has 0 aliphatic carbocycles. The summed E-state index contributed by atoms with van der Waals surface area (Å²) in [5, 5.41) is 5.35. The molecule has 0 aliphatic rings. The number of furan rings is 1. The smallest absolute Gasteiger partial charge is 0.254 e. The van der Waals surface area contributed by atoms with Crippen molar-refractivity contribution < 1.29 is 22.8 Å². The summed E-state index contributed by atoms with van der Waals surface area (Å²) in [5.41, 5.74) is -0.229. The van der Waals surface area contributed by atoms with Crippen molar-refractivity contribution in [1.82, 2.24) is 15.5 Å². The molecule has 2 aromatic rings. The Morgan fingerprint density at radius 1 is 1.19 bits per heavy atom. The normalized spacial score (nSPS) is 12.0. The maximum absolute atomic E-state index is 13.5. The molecule has 0 saturated carbocycles. The lowest BCUT2D eigenvalue weighted by Gasteiger charge is -2.22. The largest absolute Gasteiger partial charge is 0.468 e. The van der Waals surface area contributed by atoms with Gasteiger partial charge < -0.3 is 15.1 Å². The molecule has 8 heteroatoms. The molecule has 1 aromatic carbocycles. The standard InChI is InChI=1S/C19H23F2N3O3/c1-24(2)16(17-5-4-10-27-17)12-23-18(25)6-3-9-22-19(26)14-8-7-13(20)11-15(14)21/h4-5,7-8,10-11,16H,3,6,9,12H2,1-2H3,(H,22,26)(H,23,25). The van der Waals surface area contributed by atoms with Gasteiger partial charge in [-0.1, -0.05) is 0 Å². The van der Waals surface area contributed by atoms with Gasteiger partial charge in [-0.3, -0.25) is 14.5 Å². The zero-order chi connectivity index (χ0) is 19.8. The van der Waals surface area contributed by atoms with E-state index >= 15 is 0 Å². The molecule has 2 N–H and O–H groups in total. The number of nitrogens with one attached hydrogen (secondary N) is 2. The van der Waals surface area contributed by atoms with Crippen molar-refractivity contribution in [3.8, 4) is 0 Å². The highest BCUT2D eigenvalue weighted by atomic mass is 19.1. The number of nitrogens with zero attached hydrogens (tertiary/aromatic N) is 1. The number of benzene rings is 1. The van der Waals surface area contributed by atoms with E-state index in [1.165, 1.54) is 0 Å². The molecule has 0 bridgehead atoms. The third-order valence-electron chi connectivity index (χ3n) is 4.03. The molecule has 0 saturated heterocycles. The number of carbonyl (C=O) groups is 2. The van der Waals surface area contributed by atoms with Gasteiger partial charge in [0.2, 0.25) is 5.91 Å². The third-order valence-corrected chi connectivity index (χ3v) is 4.03. The Balaban J connectivity index is 1.70. The molecule has 0 radical (unpaired) electrons. The zero-order valence-electron chi connectivity index (χ0n) is 15.3.